The van der Waals surface area contributed by atoms with Gasteiger partial charge < -0.3 is 14.6 Å². The van der Waals surface area contributed by atoms with Crippen molar-refractivity contribution in [3.63, 3.8) is 0 Å². The van der Waals surface area contributed by atoms with Crippen molar-refractivity contribution in [2.24, 2.45) is 0 Å². The first kappa shape index (κ1) is 16.6. The van der Waals surface area contributed by atoms with Crippen LogP contribution in [0.3, 0.4) is 0 Å². The highest BCUT2D eigenvalue weighted by molar-refractivity contribution is 5.64. The van der Waals surface area contributed by atoms with Gasteiger partial charge in [0, 0.05) is 11.8 Å². The van der Waals surface area contributed by atoms with Crippen molar-refractivity contribution in [3.8, 4) is 40.2 Å². The van der Waals surface area contributed by atoms with Gasteiger partial charge in [0.25, 0.3) is 11.4 Å². The number of nitrogens with one attached hydrogen (secondary N) is 1. The maximum absolute atomic E-state index is 12.2. The molecule has 0 aliphatic heterocycles. The molecule has 0 fully saturated rings. The Balaban J connectivity index is 1.82. The molecule has 0 bridgehead atoms. The van der Waals surface area contributed by atoms with Crippen LogP contribution in [0.25, 0.3) is 34.5 Å². The number of benzene rings is 1. The highest BCUT2D eigenvalue weighted by atomic mass is 16.5. The van der Waals surface area contributed by atoms with E-state index in [0.29, 0.717) is 11.5 Å². The van der Waals surface area contributed by atoms with Gasteiger partial charge in [-0.1, -0.05) is 41.1 Å². The van der Waals surface area contributed by atoms with Crippen molar-refractivity contribution in [2.45, 2.75) is 13.8 Å². The van der Waals surface area contributed by atoms with Gasteiger partial charge in [-0.05, 0) is 25.5 Å². The Hall–Kier alpha value is -3.81. The Morgan fingerprint density at radius 2 is 1.81 bits per heavy atom. The van der Waals surface area contributed by atoms with Gasteiger partial charge in [-0.2, -0.15) is 4.98 Å². The number of aromatic hydroxyl groups is 1. The summed E-state index contributed by atoms with van der Waals surface area (Å²) in [6.45, 7) is 3.82. The molecule has 0 atom stereocenters. The second-order valence-corrected chi connectivity index (χ2v) is 6.07. The summed E-state index contributed by atoms with van der Waals surface area (Å²) in [6.07, 6.45) is 1.59. The fourth-order valence-corrected chi connectivity index (χ4v) is 2.60. The molecule has 4 aromatic rings. The molecule has 0 unspecified atom stereocenters. The van der Waals surface area contributed by atoms with E-state index in [1.54, 1.807) is 12.3 Å². The number of H-pyrrole nitrogens is 1. The summed E-state index contributed by atoms with van der Waals surface area (Å²) in [5.41, 5.74) is 2.37. The van der Waals surface area contributed by atoms with Gasteiger partial charge in [0.15, 0.2) is 11.5 Å². The van der Waals surface area contributed by atoms with E-state index >= 15 is 0 Å². The Morgan fingerprint density at radius 1 is 1.04 bits per heavy atom. The van der Waals surface area contributed by atoms with Gasteiger partial charge in [-0.3, -0.25) is 9.78 Å². The summed E-state index contributed by atoms with van der Waals surface area (Å²) in [5.74, 6) is -0.0986. The Labute approximate surface area is 153 Å². The zero-order valence-electron chi connectivity index (χ0n) is 14.6. The Morgan fingerprint density at radius 3 is 2.56 bits per heavy atom. The number of pyridine rings is 1. The SMILES string of the molecule is Cc1ccc(-c2noc(-c3nc(-c4ncccc4C)[nH]c(=O)c3O)n2)cc1. The zero-order chi connectivity index (χ0) is 19.0. The lowest BCUT2D eigenvalue weighted by molar-refractivity contribution is 0.421. The molecule has 0 amide bonds. The van der Waals surface area contributed by atoms with Crippen LogP contribution in [0.4, 0.5) is 0 Å². The van der Waals surface area contributed by atoms with Crippen LogP contribution in [0.2, 0.25) is 0 Å². The largest absolute Gasteiger partial charge is 0.501 e. The number of rotatable bonds is 3. The van der Waals surface area contributed by atoms with Crippen LogP contribution in [0.5, 0.6) is 5.75 Å². The highest BCUT2D eigenvalue weighted by Crippen LogP contribution is 2.27. The van der Waals surface area contributed by atoms with E-state index in [2.05, 4.69) is 25.1 Å². The van der Waals surface area contributed by atoms with Gasteiger partial charge in [0.1, 0.15) is 5.69 Å². The summed E-state index contributed by atoms with van der Waals surface area (Å²) in [6, 6.07) is 11.2. The van der Waals surface area contributed by atoms with Crippen molar-refractivity contribution in [1.82, 2.24) is 25.1 Å². The van der Waals surface area contributed by atoms with Crippen LogP contribution < -0.4 is 5.56 Å². The maximum Gasteiger partial charge on any atom is 0.294 e. The number of hydrogen-bond acceptors (Lipinski definition) is 7. The molecule has 3 heterocycles. The van der Waals surface area contributed by atoms with Crippen molar-refractivity contribution in [1.29, 1.82) is 0 Å². The van der Waals surface area contributed by atoms with Gasteiger partial charge in [0.2, 0.25) is 11.6 Å². The summed E-state index contributed by atoms with van der Waals surface area (Å²) in [7, 11) is 0. The molecule has 8 nitrogen and oxygen atoms in total. The van der Waals surface area contributed by atoms with Crippen molar-refractivity contribution >= 4 is 0 Å². The third-order valence-corrected chi connectivity index (χ3v) is 4.07. The molecule has 4 rings (SSSR count). The number of aromatic nitrogens is 5. The summed E-state index contributed by atoms with van der Waals surface area (Å²) < 4.78 is 5.24. The number of nitrogens with zero attached hydrogens (tertiary/aromatic N) is 4. The molecule has 134 valence electrons. The lowest BCUT2D eigenvalue weighted by atomic mass is 10.1. The van der Waals surface area contributed by atoms with Crippen molar-refractivity contribution in [3.05, 3.63) is 64.1 Å². The first-order valence-corrected chi connectivity index (χ1v) is 8.19. The molecule has 0 saturated carbocycles. The number of aromatic amines is 1. The van der Waals surface area contributed by atoms with Crippen LogP contribution >= 0.6 is 0 Å². The maximum atomic E-state index is 12.2. The Kier molecular flexibility index (Phi) is 4.00. The first-order chi connectivity index (χ1) is 13.0. The van der Waals surface area contributed by atoms with Crippen LogP contribution in [0, 0.1) is 13.8 Å². The third kappa shape index (κ3) is 3.08. The van der Waals surface area contributed by atoms with E-state index in [4.69, 9.17) is 4.52 Å². The van der Waals surface area contributed by atoms with E-state index < -0.39 is 11.3 Å². The number of hydrogen-bond donors (Lipinski definition) is 2. The van der Waals surface area contributed by atoms with Gasteiger partial charge in [0.05, 0.1) is 0 Å². The summed E-state index contributed by atoms with van der Waals surface area (Å²) in [4.78, 5) is 27.5. The lowest BCUT2D eigenvalue weighted by Gasteiger charge is -2.05. The van der Waals surface area contributed by atoms with Gasteiger partial charge in [-0.15, -0.1) is 0 Å². The average Bonchev–Trinajstić information content (AvgIpc) is 3.15. The van der Waals surface area contributed by atoms with Crippen LogP contribution in [0.1, 0.15) is 11.1 Å². The molecule has 2 N–H and O–H groups in total. The third-order valence-electron chi connectivity index (χ3n) is 4.07. The minimum Gasteiger partial charge on any atom is -0.501 e. The molecule has 0 aliphatic rings. The second kappa shape index (κ2) is 6.49. The lowest BCUT2D eigenvalue weighted by Crippen LogP contribution is -2.11. The van der Waals surface area contributed by atoms with E-state index in [1.165, 1.54) is 0 Å². The minimum atomic E-state index is -0.713. The number of aryl methyl sites for hydroxylation is 2. The second-order valence-electron chi connectivity index (χ2n) is 6.07. The van der Waals surface area contributed by atoms with Crippen LogP contribution in [0.15, 0.2) is 51.9 Å². The molecule has 3 aromatic heterocycles. The van der Waals surface area contributed by atoms with Gasteiger partial charge in [-0.25, -0.2) is 4.98 Å². The van der Waals surface area contributed by atoms with E-state index in [9.17, 15) is 9.90 Å². The minimum absolute atomic E-state index is 0.0518. The molecule has 27 heavy (non-hydrogen) atoms. The predicted molar refractivity (Wildman–Crippen MR) is 98.0 cm³/mol. The Bertz CT molecular complexity index is 1180. The first-order valence-electron chi connectivity index (χ1n) is 8.19. The average molecular weight is 361 g/mol. The molecule has 0 radical (unpaired) electrons. The molecule has 0 saturated heterocycles. The fraction of sp³-hybridized carbons (Fsp3) is 0.105. The van der Waals surface area contributed by atoms with E-state index in [1.807, 2.05) is 44.2 Å². The standard InChI is InChI=1S/C19H15N5O3/c1-10-5-7-12(8-6-10)16-23-19(27-24-16)14-15(25)18(26)22-17(21-14)13-11(2)4-3-9-20-13/h3-9,25H,1-2H3,(H,21,22,26). The van der Waals surface area contributed by atoms with E-state index in [-0.39, 0.29) is 17.4 Å². The molecular formula is C19H15N5O3. The highest BCUT2D eigenvalue weighted by Gasteiger charge is 2.20. The predicted octanol–water partition coefficient (Wildman–Crippen LogP) is 2.87. The molecular weight excluding hydrogens is 346 g/mol. The molecule has 0 aliphatic carbocycles. The summed E-state index contributed by atoms with van der Waals surface area (Å²) in [5, 5.41) is 14.1. The van der Waals surface area contributed by atoms with Crippen LogP contribution in [-0.2, 0) is 0 Å². The van der Waals surface area contributed by atoms with Crippen molar-refractivity contribution < 1.29 is 9.63 Å². The van der Waals surface area contributed by atoms with Gasteiger partial charge >= 0.3 is 0 Å². The van der Waals surface area contributed by atoms with E-state index in [0.717, 1.165) is 16.7 Å². The molecule has 1 aromatic carbocycles. The van der Waals surface area contributed by atoms with Crippen LogP contribution in [-0.4, -0.2) is 30.2 Å². The smallest absolute Gasteiger partial charge is 0.294 e. The molecule has 0 spiro atoms. The monoisotopic (exact) mass is 361 g/mol. The zero-order valence-corrected chi connectivity index (χ0v) is 14.6. The fourth-order valence-electron chi connectivity index (χ4n) is 2.60. The topological polar surface area (TPSA) is 118 Å². The quantitative estimate of drug-likeness (QED) is 0.576. The summed E-state index contributed by atoms with van der Waals surface area (Å²) >= 11 is 0. The van der Waals surface area contributed by atoms with Crippen molar-refractivity contribution in [2.75, 3.05) is 0 Å². The molecule has 8 heteroatoms. The normalized spacial score (nSPS) is 10.9.